The lowest BCUT2D eigenvalue weighted by molar-refractivity contribution is 0.126. The zero-order valence-electron chi connectivity index (χ0n) is 11.1. The molecule has 0 unspecified atom stereocenters. The molecule has 0 atom stereocenters. The molecule has 0 aromatic carbocycles. The van der Waals surface area contributed by atoms with Crippen molar-refractivity contribution in [2.45, 2.75) is 39.8 Å². The minimum absolute atomic E-state index is 0.109. The molecule has 1 heterocycles. The van der Waals surface area contributed by atoms with E-state index < -0.39 is 0 Å². The molecule has 0 bridgehead atoms. The van der Waals surface area contributed by atoms with Gasteiger partial charge in [0.25, 0.3) is 0 Å². The van der Waals surface area contributed by atoms with Crippen molar-refractivity contribution in [2.24, 2.45) is 11.1 Å². The van der Waals surface area contributed by atoms with Crippen molar-refractivity contribution < 1.29 is 0 Å². The molecule has 1 rings (SSSR count). The van der Waals surface area contributed by atoms with Crippen LogP contribution in [0, 0.1) is 5.41 Å². The summed E-state index contributed by atoms with van der Waals surface area (Å²) >= 11 is 1.75. The smallest absolute Gasteiger partial charge is 0.0239 e. The van der Waals surface area contributed by atoms with Crippen LogP contribution in [0.5, 0.6) is 0 Å². The molecule has 0 fully saturated rings. The van der Waals surface area contributed by atoms with Crippen LogP contribution in [0.25, 0.3) is 0 Å². The van der Waals surface area contributed by atoms with Crippen LogP contribution in [0.15, 0.2) is 16.8 Å². The molecular weight excluding hydrogens is 216 g/mol. The first kappa shape index (κ1) is 13.7. The van der Waals surface area contributed by atoms with Gasteiger partial charge in [-0.05, 0) is 48.7 Å². The molecule has 0 aliphatic heterocycles. The van der Waals surface area contributed by atoms with E-state index >= 15 is 0 Å². The first-order valence-electron chi connectivity index (χ1n) is 5.71. The van der Waals surface area contributed by atoms with Crippen LogP contribution in [-0.2, 0) is 6.54 Å². The average Bonchev–Trinajstić information content (AvgIpc) is 2.52. The highest BCUT2D eigenvalue weighted by Gasteiger charge is 2.34. The van der Waals surface area contributed by atoms with Crippen molar-refractivity contribution >= 4 is 11.3 Å². The number of thiophene rings is 1. The third-order valence-corrected chi connectivity index (χ3v) is 4.17. The molecular formula is C13H24N2S. The Morgan fingerprint density at radius 3 is 2.38 bits per heavy atom. The van der Waals surface area contributed by atoms with Crippen LogP contribution in [0.2, 0.25) is 0 Å². The second-order valence-corrected chi connectivity index (χ2v) is 6.69. The summed E-state index contributed by atoms with van der Waals surface area (Å²) in [6.07, 6.45) is 0. The molecule has 0 aliphatic rings. The fourth-order valence-electron chi connectivity index (χ4n) is 1.63. The van der Waals surface area contributed by atoms with Gasteiger partial charge < -0.3 is 10.6 Å². The summed E-state index contributed by atoms with van der Waals surface area (Å²) in [4.78, 5) is 2.34. The van der Waals surface area contributed by atoms with E-state index in [4.69, 9.17) is 5.73 Å². The van der Waals surface area contributed by atoms with Crippen molar-refractivity contribution in [2.75, 3.05) is 13.6 Å². The van der Waals surface area contributed by atoms with Crippen LogP contribution in [-0.4, -0.2) is 24.0 Å². The van der Waals surface area contributed by atoms with E-state index in [0.717, 1.165) is 13.1 Å². The summed E-state index contributed by atoms with van der Waals surface area (Å²) in [6.45, 7) is 10.7. The molecule has 1 aromatic rings. The third-order valence-electron chi connectivity index (χ3n) is 3.44. The van der Waals surface area contributed by atoms with Crippen LogP contribution in [0.1, 0.15) is 33.3 Å². The first-order valence-corrected chi connectivity index (χ1v) is 6.65. The van der Waals surface area contributed by atoms with E-state index in [1.807, 2.05) is 0 Å². The molecule has 92 valence electrons. The normalized spacial score (nSPS) is 13.4. The lowest BCUT2D eigenvalue weighted by atomic mass is 9.75. The van der Waals surface area contributed by atoms with Gasteiger partial charge in [0.2, 0.25) is 0 Å². The zero-order valence-corrected chi connectivity index (χ0v) is 11.9. The van der Waals surface area contributed by atoms with Gasteiger partial charge in [-0.1, -0.05) is 13.8 Å². The maximum absolute atomic E-state index is 6.21. The predicted molar refractivity (Wildman–Crippen MR) is 72.7 cm³/mol. The summed E-state index contributed by atoms with van der Waals surface area (Å²) < 4.78 is 0. The van der Waals surface area contributed by atoms with E-state index in [0.29, 0.717) is 0 Å². The molecule has 1 aromatic heterocycles. The van der Waals surface area contributed by atoms with Crippen molar-refractivity contribution in [1.82, 2.24) is 4.90 Å². The summed E-state index contributed by atoms with van der Waals surface area (Å²) in [6, 6.07) is 2.18. The Balaban J connectivity index is 2.54. The second kappa shape index (κ2) is 4.86. The van der Waals surface area contributed by atoms with E-state index in [-0.39, 0.29) is 11.0 Å². The van der Waals surface area contributed by atoms with Gasteiger partial charge in [0.1, 0.15) is 0 Å². The van der Waals surface area contributed by atoms with E-state index in [2.05, 4.69) is 56.5 Å². The highest BCUT2D eigenvalue weighted by atomic mass is 32.1. The van der Waals surface area contributed by atoms with Gasteiger partial charge in [-0.3, -0.25) is 0 Å². The maximum atomic E-state index is 6.21. The minimum Gasteiger partial charge on any atom is -0.325 e. The molecule has 2 nitrogen and oxygen atoms in total. The quantitative estimate of drug-likeness (QED) is 0.857. The molecule has 0 amide bonds. The number of rotatable bonds is 5. The van der Waals surface area contributed by atoms with Crippen molar-refractivity contribution in [1.29, 1.82) is 0 Å². The summed E-state index contributed by atoms with van der Waals surface area (Å²) in [7, 11) is 2.16. The van der Waals surface area contributed by atoms with Crippen LogP contribution in [0.4, 0.5) is 0 Å². The molecule has 16 heavy (non-hydrogen) atoms. The average molecular weight is 240 g/mol. The highest BCUT2D eigenvalue weighted by molar-refractivity contribution is 7.07. The van der Waals surface area contributed by atoms with Crippen molar-refractivity contribution in [3.63, 3.8) is 0 Å². The minimum atomic E-state index is -0.157. The highest BCUT2D eigenvalue weighted by Crippen LogP contribution is 2.29. The van der Waals surface area contributed by atoms with Gasteiger partial charge in [0.15, 0.2) is 0 Å². The Kier molecular flexibility index (Phi) is 4.16. The lowest BCUT2D eigenvalue weighted by Crippen LogP contribution is -2.52. The molecule has 0 radical (unpaired) electrons. The predicted octanol–water partition coefficient (Wildman–Crippen LogP) is 2.94. The fourth-order valence-corrected chi connectivity index (χ4v) is 2.29. The fraction of sp³-hybridized carbons (Fsp3) is 0.692. The topological polar surface area (TPSA) is 29.3 Å². The van der Waals surface area contributed by atoms with Gasteiger partial charge in [0, 0.05) is 18.6 Å². The number of hydrogen-bond donors (Lipinski definition) is 1. The Morgan fingerprint density at radius 2 is 1.94 bits per heavy atom. The maximum Gasteiger partial charge on any atom is 0.0239 e. The molecule has 0 saturated carbocycles. The third kappa shape index (κ3) is 3.58. The van der Waals surface area contributed by atoms with Crippen LogP contribution >= 0.6 is 11.3 Å². The number of nitrogens with two attached hydrogens (primary N) is 1. The van der Waals surface area contributed by atoms with Crippen LogP contribution < -0.4 is 5.73 Å². The molecule has 2 N–H and O–H groups in total. The Bertz CT molecular complexity index is 309. The standard InChI is InChI=1S/C13H24N2S/c1-12(2,13(3,4)14)10-15(5)8-11-6-7-16-9-11/h6-7,9H,8,10,14H2,1-5H3. The SMILES string of the molecule is CN(Cc1ccsc1)CC(C)(C)C(C)(C)N. The Labute approximate surface area is 103 Å². The zero-order chi connectivity index (χ0) is 12.4. The van der Waals surface area contributed by atoms with Gasteiger partial charge >= 0.3 is 0 Å². The Hall–Kier alpha value is -0.380. The summed E-state index contributed by atoms with van der Waals surface area (Å²) in [5, 5.41) is 4.33. The lowest BCUT2D eigenvalue weighted by Gasteiger charge is -2.41. The molecule has 3 heteroatoms. The molecule has 0 spiro atoms. The van der Waals surface area contributed by atoms with Crippen molar-refractivity contribution in [3.05, 3.63) is 22.4 Å². The van der Waals surface area contributed by atoms with Gasteiger partial charge in [0.05, 0.1) is 0 Å². The Morgan fingerprint density at radius 1 is 1.31 bits per heavy atom. The van der Waals surface area contributed by atoms with E-state index in [1.165, 1.54) is 5.56 Å². The van der Waals surface area contributed by atoms with Gasteiger partial charge in [-0.2, -0.15) is 11.3 Å². The number of nitrogens with zero attached hydrogens (tertiary/aromatic N) is 1. The van der Waals surface area contributed by atoms with Crippen LogP contribution in [0.3, 0.4) is 0 Å². The summed E-state index contributed by atoms with van der Waals surface area (Å²) in [5.74, 6) is 0. The second-order valence-electron chi connectivity index (χ2n) is 5.91. The van der Waals surface area contributed by atoms with E-state index in [1.54, 1.807) is 11.3 Å². The van der Waals surface area contributed by atoms with Gasteiger partial charge in [-0.15, -0.1) is 0 Å². The van der Waals surface area contributed by atoms with Gasteiger partial charge in [-0.25, -0.2) is 0 Å². The monoisotopic (exact) mass is 240 g/mol. The summed E-state index contributed by atoms with van der Waals surface area (Å²) in [5.41, 5.74) is 7.55. The largest absolute Gasteiger partial charge is 0.325 e. The molecule has 0 saturated heterocycles. The van der Waals surface area contributed by atoms with E-state index in [9.17, 15) is 0 Å². The molecule has 0 aliphatic carbocycles. The number of hydrogen-bond acceptors (Lipinski definition) is 3. The van der Waals surface area contributed by atoms with Crippen molar-refractivity contribution in [3.8, 4) is 0 Å². The first-order chi connectivity index (χ1) is 7.22.